The highest BCUT2D eigenvalue weighted by molar-refractivity contribution is 5.73. The zero-order valence-corrected chi connectivity index (χ0v) is 7.06. The van der Waals surface area contributed by atoms with E-state index in [-0.39, 0.29) is 11.3 Å². The van der Waals surface area contributed by atoms with Crippen molar-refractivity contribution in [2.24, 2.45) is 5.41 Å². The Morgan fingerprint density at radius 2 is 1.90 bits per heavy atom. The van der Waals surface area contributed by atoms with Crippen LogP contribution in [-0.2, 0) is 4.79 Å². The minimum Gasteiger partial charge on any atom is -0.333 e. The number of rotatable bonds is 1. The fourth-order valence-corrected chi connectivity index (χ4v) is 0.409. The second-order valence-electron chi connectivity index (χ2n) is 3.40. The average molecular weight is 141 g/mol. The van der Waals surface area contributed by atoms with Crippen LogP contribution in [0.25, 0.3) is 0 Å². The zero-order valence-electron chi connectivity index (χ0n) is 7.06. The normalized spacial score (nSPS) is 12.0. The predicted octanol–water partition coefficient (Wildman–Crippen LogP) is 1.68. The lowest BCUT2D eigenvalue weighted by Gasteiger charge is -2.10. The summed E-state index contributed by atoms with van der Waals surface area (Å²) in [5.41, 5.74) is 0.141. The number of hydrogen-bond acceptors (Lipinski definition) is 1. The van der Waals surface area contributed by atoms with E-state index in [0.29, 0.717) is 0 Å². The van der Waals surface area contributed by atoms with E-state index in [4.69, 9.17) is 0 Å². The van der Waals surface area contributed by atoms with E-state index in [1.54, 1.807) is 6.20 Å². The van der Waals surface area contributed by atoms with Gasteiger partial charge in [-0.1, -0.05) is 26.8 Å². The van der Waals surface area contributed by atoms with Crippen molar-refractivity contribution >= 4 is 5.91 Å². The molecule has 2 heteroatoms. The average Bonchev–Trinajstić information content (AvgIpc) is 1.59. The van der Waals surface area contributed by atoms with Crippen molar-refractivity contribution in [1.29, 1.82) is 0 Å². The Hall–Kier alpha value is -0.790. The Balaban J connectivity index is 3.67. The molecule has 0 aliphatic rings. The van der Waals surface area contributed by atoms with Gasteiger partial charge in [-0.05, 0) is 5.41 Å². The molecule has 0 atom stereocenters. The molecule has 0 heterocycles. The largest absolute Gasteiger partial charge is 0.333 e. The first-order valence-electron chi connectivity index (χ1n) is 3.36. The van der Waals surface area contributed by atoms with Gasteiger partial charge in [0.2, 0.25) is 5.91 Å². The molecule has 0 radical (unpaired) electrons. The molecule has 0 rings (SSSR count). The Morgan fingerprint density at radius 1 is 1.40 bits per heavy atom. The second kappa shape index (κ2) is 3.40. The SMILES string of the molecule is CC(=O)N/C=C/C(C)(C)C. The lowest BCUT2D eigenvalue weighted by molar-refractivity contribution is -0.118. The monoisotopic (exact) mass is 141 g/mol. The maximum absolute atomic E-state index is 10.4. The summed E-state index contributed by atoms with van der Waals surface area (Å²) in [4.78, 5) is 10.4. The highest BCUT2D eigenvalue weighted by Gasteiger charge is 2.02. The Bertz CT molecular complexity index is 142. The van der Waals surface area contributed by atoms with Crippen LogP contribution in [0.3, 0.4) is 0 Å². The van der Waals surface area contributed by atoms with Gasteiger partial charge in [-0.25, -0.2) is 0 Å². The fourth-order valence-electron chi connectivity index (χ4n) is 0.409. The molecule has 0 unspecified atom stereocenters. The van der Waals surface area contributed by atoms with Gasteiger partial charge in [-0.2, -0.15) is 0 Å². The molecule has 0 aromatic heterocycles. The van der Waals surface area contributed by atoms with Gasteiger partial charge in [0, 0.05) is 13.1 Å². The van der Waals surface area contributed by atoms with Gasteiger partial charge in [-0.3, -0.25) is 4.79 Å². The van der Waals surface area contributed by atoms with Gasteiger partial charge in [0.25, 0.3) is 0 Å². The third-order valence-corrected chi connectivity index (χ3v) is 0.870. The lowest BCUT2D eigenvalue weighted by atomic mass is 9.97. The standard InChI is InChI=1S/C8H15NO/c1-7(10)9-6-5-8(2,3)4/h5-6H,1-4H3,(H,9,10)/b6-5+. The van der Waals surface area contributed by atoms with E-state index >= 15 is 0 Å². The van der Waals surface area contributed by atoms with Gasteiger partial charge >= 0.3 is 0 Å². The third kappa shape index (κ3) is 7.21. The van der Waals surface area contributed by atoms with Crippen molar-refractivity contribution < 1.29 is 4.79 Å². The van der Waals surface area contributed by atoms with E-state index < -0.39 is 0 Å². The van der Waals surface area contributed by atoms with E-state index in [2.05, 4.69) is 26.1 Å². The molecule has 0 aromatic carbocycles. The van der Waals surface area contributed by atoms with Gasteiger partial charge in [0.15, 0.2) is 0 Å². The zero-order chi connectivity index (χ0) is 8.20. The maximum Gasteiger partial charge on any atom is 0.220 e. The molecule has 0 aliphatic heterocycles. The van der Waals surface area contributed by atoms with Crippen LogP contribution in [0.15, 0.2) is 12.3 Å². The summed E-state index contributed by atoms with van der Waals surface area (Å²) in [7, 11) is 0. The smallest absolute Gasteiger partial charge is 0.220 e. The van der Waals surface area contributed by atoms with Crippen molar-refractivity contribution in [2.75, 3.05) is 0 Å². The third-order valence-electron chi connectivity index (χ3n) is 0.870. The van der Waals surface area contributed by atoms with Crippen LogP contribution in [0.4, 0.5) is 0 Å². The molecule has 0 saturated heterocycles. The Morgan fingerprint density at radius 3 is 2.20 bits per heavy atom. The van der Waals surface area contributed by atoms with Crippen LogP contribution in [0.2, 0.25) is 0 Å². The topological polar surface area (TPSA) is 29.1 Å². The van der Waals surface area contributed by atoms with Crippen LogP contribution in [0.5, 0.6) is 0 Å². The molecular formula is C8H15NO. The molecule has 0 aliphatic carbocycles. The van der Waals surface area contributed by atoms with Crippen molar-refractivity contribution in [3.8, 4) is 0 Å². The summed E-state index contributed by atoms with van der Waals surface area (Å²) >= 11 is 0. The molecule has 0 bridgehead atoms. The first kappa shape index (κ1) is 9.21. The van der Waals surface area contributed by atoms with Crippen LogP contribution in [-0.4, -0.2) is 5.91 Å². The fraction of sp³-hybridized carbons (Fsp3) is 0.625. The summed E-state index contributed by atoms with van der Waals surface area (Å²) in [6.45, 7) is 7.72. The predicted molar refractivity (Wildman–Crippen MR) is 42.4 cm³/mol. The number of carbonyl (C=O) groups is 1. The summed E-state index contributed by atoms with van der Waals surface area (Å²) in [6.07, 6.45) is 3.64. The number of nitrogens with one attached hydrogen (secondary N) is 1. The van der Waals surface area contributed by atoms with Gasteiger partial charge in [0.1, 0.15) is 0 Å². The Kier molecular flexibility index (Phi) is 3.13. The summed E-state index contributed by atoms with van der Waals surface area (Å²) in [5.74, 6) is -0.0273. The molecule has 10 heavy (non-hydrogen) atoms. The van der Waals surface area contributed by atoms with E-state index in [9.17, 15) is 4.79 Å². The van der Waals surface area contributed by atoms with Crippen LogP contribution >= 0.6 is 0 Å². The van der Waals surface area contributed by atoms with E-state index in [0.717, 1.165) is 0 Å². The van der Waals surface area contributed by atoms with E-state index in [1.807, 2.05) is 6.08 Å². The van der Waals surface area contributed by atoms with Crippen LogP contribution in [0, 0.1) is 5.41 Å². The van der Waals surface area contributed by atoms with Crippen LogP contribution < -0.4 is 5.32 Å². The molecule has 0 saturated carbocycles. The molecule has 1 N–H and O–H groups in total. The highest BCUT2D eigenvalue weighted by atomic mass is 16.1. The molecule has 0 aromatic rings. The number of carbonyl (C=O) groups excluding carboxylic acids is 1. The number of amides is 1. The second-order valence-corrected chi connectivity index (χ2v) is 3.40. The van der Waals surface area contributed by atoms with Crippen molar-refractivity contribution in [3.63, 3.8) is 0 Å². The van der Waals surface area contributed by atoms with Gasteiger partial charge < -0.3 is 5.32 Å². The lowest BCUT2D eigenvalue weighted by Crippen LogP contribution is -2.13. The van der Waals surface area contributed by atoms with Crippen molar-refractivity contribution in [1.82, 2.24) is 5.32 Å². The maximum atomic E-state index is 10.4. The highest BCUT2D eigenvalue weighted by Crippen LogP contribution is 2.13. The number of allylic oxidation sites excluding steroid dienone is 1. The molecule has 0 spiro atoms. The molecule has 0 fully saturated rings. The minimum absolute atomic E-state index is 0.0273. The number of hydrogen-bond donors (Lipinski definition) is 1. The molecule has 1 amide bonds. The summed E-state index contributed by atoms with van der Waals surface area (Å²) in [6, 6.07) is 0. The van der Waals surface area contributed by atoms with E-state index in [1.165, 1.54) is 6.92 Å². The Labute approximate surface area is 62.3 Å². The van der Waals surface area contributed by atoms with Gasteiger partial charge in [0.05, 0.1) is 0 Å². The first-order chi connectivity index (χ1) is 4.42. The van der Waals surface area contributed by atoms with Gasteiger partial charge in [-0.15, -0.1) is 0 Å². The minimum atomic E-state index is -0.0273. The van der Waals surface area contributed by atoms with Crippen LogP contribution in [0.1, 0.15) is 27.7 Å². The summed E-state index contributed by atoms with van der Waals surface area (Å²) < 4.78 is 0. The molecular weight excluding hydrogens is 126 g/mol. The summed E-state index contributed by atoms with van der Waals surface area (Å²) in [5, 5.41) is 2.58. The van der Waals surface area contributed by atoms with Crippen molar-refractivity contribution in [3.05, 3.63) is 12.3 Å². The quantitative estimate of drug-likeness (QED) is 0.591. The first-order valence-corrected chi connectivity index (χ1v) is 3.36. The van der Waals surface area contributed by atoms with Crippen molar-refractivity contribution in [2.45, 2.75) is 27.7 Å². The molecule has 2 nitrogen and oxygen atoms in total. The molecule has 58 valence electrons.